The van der Waals surface area contributed by atoms with Gasteiger partial charge in [0, 0.05) is 5.56 Å². The lowest BCUT2D eigenvalue weighted by atomic mass is 9.72. The van der Waals surface area contributed by atoms with E-state index < -0.39 is 8.32 Å². The zero-order valence-electron chi connectivity index (χ0n) is 16.0. The summed E-state index contributed by atoms with van der Waals surface area (Å²) in [6.45, 7) is 15.4. The minimum absolute atomic E-state index is 0.146. The molecule has 2 heteroatoms. The van der Waals surface area contributed by atoms with Crippen LogP contribution in [0.4, 0.5) is 0 Å². The highest BCUT2D eigenvalue weighted by Crippen LogP contribution is 2.42. The SMILES string of the molecule is C=C(O[Si](C)(C)C)c1ccc2c(c1)C(c1ccccc1)=CCC2(C)C. The number of hydrogen-bond donors (Lipinski definition) is 0. The van der Waals surface area contributed by atoms with Crippen LogP contribution in [0.25, 0.3) is 11.3 Å². The number of benzene rings is 2. The van der Waals surface area contributed by atoms with E-state index >= 15 is 0 Å². The van der Waals surface area contributed by atoms with Crippen LogP contribution in [0.2, 0.25) is 19.6 Å². The third-order valence-corrected chi connectivity index (χ3v) is 5.55. The van der Waals surface area contributed by atoms with Crippen molar-refractivity contribution in [2.24, 2.45) is 0 Å². The Hall–Kier alpha value is -2.06. The molecule has 0 heterocycles. The maximum absolute atomic E-state index is 6.13. The van der Waals surface area contributed by atoms with Gasteiger partial charge in [0.25, 0.3) is 0 Å². The van der Waals surface area contributed by atoms with Crippen molar-refractivity contribution >= 4 is 19.6 Å². The molecule has 1 aliphatic rings. The second kappa shape index (κ2) is 6.34. The Balaban J connectivity index is 2.08. The van der Waals surface area contributed by atoms with Crippen molar-refractivity contribution in [1.29, 1.82) is 0 Å². The number of allylic oxidation sites excluding steroid dienone is 1. The molecule has 1 aliphatic carbocycles. The quantitative estimate of drug-likeness (QED) is 0.445. The predicted molar refractivity (Wildman–Crippen MR) is 111 cm³/mol. The summed E-state index contributed by atoms with van der Waals surface area (Å²) in [5, 5.41) is 0. The van der Waals surface area contributed by atoms with E-state index in [-0.39, 0.29) is 5.41 Å². The Labute approximate surface area is 153 Å². The Bertz CT molecular complexity index is 823. The first-order valence-electron chi connectivity index (χ1n) is 8.96. The van der Waals surface area contributed by atoms with E-state index in [0.29, 0.717) is 0 Å². The summed E-state index contributed by atoms with van der Waals surface area (Å²) in [5.74, 6) is 0.790. The number of hydrogen-bond acceptors (Lipinski definition) is 1. The fraction of sp³-hybridized carbons (Fsp3) is 0.304. The largest absolute Gasteiger partial charge is 0.544 e. The molecule has 0 saturated heterocycles. The summed E-state index contributed by atoms with van der Waals surface area (Å²) >= 11 is 0. The molecule has 0 radical (unpaired) electrons. The van der Waals surface area contributed by atoms with Gasteiger partial charge in [-0.05, 0) is 59.8 Å². The van der Waals surface area contributed by atoms with Crippen LogP contribution in [0.15, 0.2) is 61.2 Å². The van der Waals surface area contributed by atoms with Crippen molar-refractivity contribution in [3.05, 3.63) is 83.4 Å². The zero-order chi connectivity index (χ0) is 18.2. The summed E-state index contributed by atoms with van der Waals surface area (Å²) in [7, 11) is -1.66. The molecule has 2 aromatic rings. The molecule has 130 valence electrons. The Morgan fingerprint density at radius 1 is 1.04 bits per heavy atom. The molecule has 0 atom stereocenters. The fourth-order valence-electron chi connectivity index (χ4n) is 3.43. The molecule has 0 aliphatic heterocycles. The molecule has 0 fully saturated rings. The molecule has 0 aromatic heterocycles. The van der Waals surface area contributed by atoms with Crippen molar-refractivity contribution in [2.45, 2.75) is 45.3 Å². The third kappa shape index (κ3) is 3.79. The van der Waals surface area contributed by atoms with E-state index in [0.717, 1.165) is 17.7 Å². The fourth-order valence-corrected chi connectivity index (χ4v) is 4.28. The van der Waals surface area contributed by atoms with Crippen molar-refractivity contribution < 1.29 is 4.43 Å². The van der Waals surface area contributed by atoms with E-state index in [1.54, 1.807) is 0 Å². The summed E-state index contributed by atoms with van der Waals surface area (Å²) in [4.78, 5) is 0. The molecule has 0 amide bonds. The van der Waals surface area contributed by atoms with E-state index in [2.05, 4.69) is 94.7 Å². The van der Waals surface area contributed by atoms with Gasteiger partial charge in [0.15, 0.2) is 0 Å². The highest BCUT2D eigenvalue weighted by atomic mass is 28.4. The minimum atomic E-state index is -1.66. The maximum Gasteiger partial charge on any atom is 0.242 e. The standard InChI is InChI=1S/C23H28OSi/c1-17(24-25(4,5)6)19-12-13-22-21(16-19)20(14-15-23(22,2)3)18-10-8-7-9-11-18/h7-14,16H,1,15H2,2-6H3. The molecule has 0 saturated carbocycles. The maximum atomic E-state index is 6.13. The second-order valence-corrected chi connectivity index (χ2v) is 12.9. The molecule has 0 bridgehead atoms. The van der Waals surface area contributed by atoms with Crippen LogP contribution in [-0.4, -0.2) is 8.32 Å². The monoisotopic (exact) mass is 348 g/mol. The first-order chi connectivity index (χ1) is 11.7. The van der Waals surface area contributed by atoms with Gasteiger partial charge >= 0.3 is 0 Å². The van der Waals surface area contributed by atoms with Crippen LogP contribution in [0.1, 0.15) is 42.5 Å². The molecule has 0 unspecified atom stereocenters. The van der Waals surface area contributed by atoms with Gasteiger partial charge in [-0.1, -0.05) is 69.0 Å². The third-order valence-electron chi connectivity index (χ3n) is 4.69. The zero-order valence-corrected chi connectivity index (χ0v) is 17.0. The Morgan fingerprint density at radius 2 is 1.72 bits per heavy atom. The summed E-state index contributed by atoms with van der Waals surface area (Å²) in [5.41, 5.74) is 6.53. The molecule has 2 aromatic carbocycles. The lowest BCUT2D eigenvalue weighted by molar-refractivity contribution is 0.514. The van der Waals surface area contributed by atoms with Crippen LogP contribution >= 0.6 is 0 Å². The smallest absolute Gasteiger partial charge is 0.242 e. The number of rotatable bonds is 4. The van der Waals surface area contributed by atoms with Gasteiger partial charge < -0.3 is 4.43 Å². The summed E-state index contributed by atoms with van der Waals surface area (Å²) in [6, 6.07) is 17.3. The summed E-state index contributed by atoms with van der Waals surface area (Å²) < 4.78 is 6.13. The van der Waals surface area contributed by atoms with E-state index in [1.807, 2.05) is 0 Å². The molecular weight excluding hydrogens is 320 g/mol. The topological polar surface area (TPSA) is 9.23 Å². The van der Waals surface area contributed by atoms with E-state index in [4.69, 9.17) is 4.43 Å². The molecule has 0 N–H and O–H groups in total. The first kappa shape index (κ1) is 17.8. The van der Waals surface area contributed by atoms with Crippen LogP contribution in [0.3, 0.4) is 0 Å². The van der Waals surface area contributed by atoms with Crippen molar-refractivity contribution in [3.63, 3.8) is 0 Å². The van der Waals surface area contributed by atoms with Crippen molar-refractivity contribution in [2.75, 3.05) is 0 Å². The van der Waals surface area contributed by atoms with Gasteiger partial charge in [-0.25, -0.2) is 0 Å². The Morgan fingerprint density at radius 3 is 2.36 bits per heavy atom. The molecule has 3 rings (SSSR count). The first-order valence-corrected chi connectivity index (χ1v) is 12.4. The van der Waals surface area contributed by atoms with Crippen molar-refractivity contribution in [1.82, 2.24) is 0 Å². The lowest BCUT2D eigenvalue weighted by Gasteiger charge is -2.33. The molecule has 1 nitrogen and oxygen atoms in total. The van der Waals surface area contributed by atoms with Gasteiger partial charge in [0.05, 0.1) is 0 Å². The number of fused-ring (bicyclic) bond motifs is 1. The molecular formula is C23H28OSi. The average molecular weight is 349 g/mol. The molecule has 0 spiro atoms. The van der Waals surface area contributed by atoms with Crippen LogP contribution in [-0.2, 0) is 9.84 Å². The lowest BCUT2D eigenvalue weighted by Crippen LogP contribution is -2.24. The predicted octanol–water partition coefficient (Wildman–Crippen LogP) is 6.62. The van der Waals surface area contributed by atoms with Gasteiger partial charge in [0.1, 0.15) is 5.76 Å². The van der Waals surface area contributed by atoms with Gasteiger partial charge in [-0.15, -0.1) is 0 Å². The van der Waals surface area contributed by atoms with Gasteiger partial charge in [-0.3, -0.25) is 0 Å². The highest BCUT2D eigenvalue weighted by molar-refractivity contribution is 6.70. The Kier molecular flexibility index (Phi) is 4.50. The van der Waals surface area contributed by atoms with Crippen LogP contribution < -0.4 is 0 Å². The van der Waals surface area contributed by atoms with Gasteiger partial charge in [-0.2, -0.15) is 0 Å². The van der Waals surface area contributed by atoms with E-state index in [9.17, 15) is 0 Å². The average Bonchev–Trinajstić information content (AvgIpc) is 2.54. The van der Waals surface area contributed by atoms with Gasteiger partial charge in [0.2, 0.25) is 8.32 Å². The molecule has 25 heavy (non-hydrogen) atoms. The van der Waals surface area contributed by atoms with Crippen molar-refractivity contribution in [3.8, 4) is 0 Å². The van der Waals surface area contributed by atoms with Crippen LogP contribution in [0.5, 0.6) is 0 Å². The minimum Gasteiger partial charge on any atom is -0.544 e. The second-order valence-electron chi connectivity index (χ2n) is 8.47. The van der Waals surface area contributed by atoms with Crippen LogP contribution in [0, 0.1) is 0 Å². The normalized spacial score (nSPS) is 16.0. The summed E-state index contributed by atoms with van der Waals surface area (Å²) in [6.07, 6.45) is 3.43. The highest BCUT2D eigenvalue weighted by Gasteiger charge is 2.29. The van der Waals surface area contributed by atoms with E-state index in [1.165, 1.54) is 22.3 Å².